The van der Waals surface area contributed by atoms with Crippen molar-refractivity contribution < 1.29 is 9.21 Å². The second-order valence-electron chi connectivity index (χ2n) is 5.19. The second kappa shape index (κ2) is 5.87. The molecule has 1 aromatic carbocycles. The van der Waals surface area contributed by atoms with Crippen molar-refractivity contribution in [3.63, 3.8) is 0 Å². The van der Waals surface area contributed by atoms with Gasteiger partial charge in [0.25, 0.3) is 0 Å². The van der Waals surface area contributed by atoms with E-state index in [4.69, 9.17) is 10.2 Å². The van der Waals surface area contributed by atoms with Crippen molar-refractivity contribution in [2.75, 3.05) is 18.8 Å². The van der Waals surface area contributed by atoms with Crippen LogP contribution in [0.15, 0.2) is 46.9 Å². The molecule has 4 nitrogen and oxygen atoms in total. The predicted molar refractivity (Wildman–Crippen MR) is 83.4 cm³/mol. The number of benzene rings is 1. The van der Waals surface area contributed by atoms with E-state index in [2.05, 4.69) is 0 Å². The molecule has 0 radical (unpaired) electrons. The molecule has 4 heteroatoms. The molecule has 1 amide bonds. The molecule has 0 bridgehead atoms. The van der Waals surface area contributed by atoms with Crippen molar-refractivity contribution in [3.05, 3.63) is 48.2 Å². The molecule has 1 aliphatic rings. The van der Waals surface area contributed by atoms with Crippen molar-refractivity contribution in [3.8, 4) is 11.3 Å². The van der Waals surface area contributed by atoms with Gasteiger partial charge in [0.2, 0.25) is 5.91 Å². The van der Waals surface area contributed by atoms with Gasteiger partial charge in [-0.1, -0.05) is 0 Å². The average Bonchev–Trinajstić information content (AvgIpc) is 3.17. The highest BCUT2D eigenvalue weighted by Gasteiger charge is 2.15. The summed E-state index contributed by atoms with van der Waals surface area (Å²) in [5.74, 6) is 1.50. The van der Waals surface area contributed by atoms with Gasteiger partial charge in [-0.3, -0.25) is 4.79 Å². The van der Waals surface area contributed by atoms with Crippen molar-refractivity contribution in [1.29, 1.82) is 0 Å². The van der Waals surface area contributed by atoms with Crippen LogP contribution in [0.2, 0.25) is 0 Å². The average molecular weight is 282 g/mol. The fourth-order valence-electron chi connectivity index (χ4n) is 2.44. The quantitative estimate of drug-likeness (QED) is 0.695. The summed E-state index contributed by atoms with van der Waals surface area (Å²) in [5, 5.41) is 0. The first-order valence-corrected chi connectivity index (χ1v) is 7.15. The minimum absolute atomic E-state index is 0.0536. The summed E-state index contributed by atoms with van der Waals surface area (Å²) in [6, 6.07) is 11.3. The molecule has 21 heavy (non-hydrogen) atoms. The maximum atomic E-state index is 11.9. The number of nitrogen functional groups attached to an aromatic ring is 1. The third-order valence-corrected chi connectivity index (χ3v) is 3.63. The Morgan fingerprint density at radius 1 is 1.10 bits per heavy atom. The smallest absolute Gasteiger partial charge is 0.246 e. The van der Waals surface area contributed by atoms with Crippen molar-refractivity contribution in [2.24, 2.45) is 0 Å². The van der Waals surface area contributed by atoms with Crippen LogP contribution in [0.3, 0.4) is 0 Å². The largest absolute Gasteiger partial charge is 0.457 e. The van der Waals surface area contributed by atoms with Gasteiger partial charge in [0, 0.05) is 30.4 Å². The highest BCUT2D eigenvalue weighted by molar-refractivity contribution is 5.91. The van der Waals surface area contributed by atoms with Gasteiger partial charge < -0.3 is 15.1 Å². The Morgan fingerprint density at radius 2 is 1.81 bits per heavy atom. The molecule has 108 valence electrons. The van der Waals surface area contributed by atoms with E-state index in [9.17, 15) is 4.79 Å². The lowest BCUT2D eigenvalue weighted by Crippen LogP contribution is -2.25. The minimum Gasteiger partial charge on any atom is -0.457 e. The van der Waals surface area contributed by atoms with Crippen LogP contribution in [0, 0.1) is 0 Å². The summed E-state index contributed by atoms with van der Waals surface area (Å²) >= 11 is 0. The van der Waals surface area contributed by atoms with E-state index >= 15 is 0 Å². The summed E-state index contributed by atoms with van der Waals surface area (Å²) in [6.45, 7) is 1.72. The summed E-state index contributed by atoms with van der Waals surface area (Å²) in [6.07, 6.45) is 5.50. The van der Waals surface area contributed by atoms with E-state index in [1.54, 1.807) is 12.2 Å². The van der Waals surface area contributed by atoms with Gasteiger partial charge in [-0.25, -0.2) is 0 Å². The van der Waals surface area contributed by atoms with Crippen LogP contribution in [-0.2, 0) is 4.79 Å². The van der Waals surface area contributed by atoms with E-state index in [-0.39, 0.29) is 5.91 Å². The molecule has 0 spiro atoms. The molecule has 1 aromatic heterocycles. The maximum Gasteiger partial charge on any atom is 0.246 e. The molecule has 2 N–H and O–H groups in total. The molecule has 0 aliphatic carbocycles. The number of likely N-dealkylation sites (tertiary alicyclic amines) is 1. The van der Waals surface area contributed by atoms with Gasteiger partial charge in [-0.15, -0.1) is 0 Å². The zero-order chi connectivity index (χ0) is 14.7. The molecular weight excluding hydrogens is 264 g/mol. The maximum absolute atomic E-state index is 11.9. The monoisotopic (exact) mass is 282 g/mol. The Bertz CT molecular complexity index is 650. The SMILES string of the molecule is Nc1ccc(-c2ccc(/C=C/C(=O)N3CCCC3)o2)cc1. The molecule has 0 saturated carbocycles. The molecule has 3 rings (SSSR count). The Morgan fingerprint density at radius 3 is 2.52 bits per heavy atom. The zero-order valence-electron chi connectivity index (χ0n) is 11.8. The normalized spacial score (nSPS) is 15.0. The van der Waals surface area contributed by atoms with E-state index in [1.165, 1.54) is 0 Å². The van der Waals surface area contributed by atoms with Crippen LogP contribution in [0.1, 0.15) is 18.6 Å². The summed E-state index contributed by atoms with van der Waals surface area (Å²) in [4.78, 5) is 13.8. The molecule has 1 aliphatic heterocycles. The fraction of sp³-hybridized carbons (Fsp3) is 0.235. The standard InChI is InChI=1S/C17H18N2O2/c18-14-5-3-13(4-6-14)16-9-7-15(21-16)8-10-17(20)19-11-1-2-12-19/h3-10H,1-2,11-12,18H2/b10-8+. The lowest BCUT2D eigenvalue weighted by atomic mass is 10.1. The first kappa shape index (κ1) is 13.5. The number of hydrogen-bond donors (Lipinski definition) is 1. The van der Waals surface area contributed by atoms with Crippen molar-refractivity contribution in [2.45, 2.75) is 12.8 Å². The van der Waals surface area contributed by atoms with Gasteiger partial charge in [0.15, 0.2) is 0 Å². The number of carbonyl (C=O) groups excluding carboxylic acids is 1. The Kier molecular flexibility index (Phi) is 3.77. The highest BCUT2D eigenvalue weighted by atomic mass is 16.3. The van der Waals surface area contributed by atoms with E-state index in [1.807, 2.05) is 41.3 Å². The molecule has 1 fully saturated rings. The van der Waals surface area contributed by atoms with Gasteiger partial charge in [0.1, 0.15) is 11.5 Å². The number of hydrogen-bond acceptors (Lipinski definition) is 3. The summed E-state index contributed by atoms with van der Waals surface area (Å²) < 4.78 is 5.72. The Hall–Kier alpha value is -2.49. The molecule has 1 saturated heterocycles. The van der Waals surface area contributed by atoms with Gasteiger partial charge in [-0.2, -0.15) is 0 Å². The van der Waals surface area contributed by atoms with Crippen molar-refractivity contribution >= 4 is 17.7 Å². The molecule has 2 heterocycles. The van der Waals surface area contributed by atoms with Gasteiger partial charge in [-0.05, 0) is 55.3 Å². The van der Waals surface area contributed by atoms with Gasteiger partial charge in [0.05, 0.1) is 0 Å². The number of anilines is 1. The lowest BCUT2D eigenvalue weighted by molar-refractivity contribution is -0.124. The van der Waals surface area contributed by atoms with Crippen LogP contribution in [0.25, 0.3) is 17.4 Å². The van der Waals surface area contributed by atoms with Crippen LogP contribution < -0.4 is 5.73 Å². The first-order valence-electron chi connectivity index (χ1n) is 7.15. The third kappa shape index (κ3) is 3.16. The van der Waals surface area contributed by atoms with Crippen LogP contribution in [-0.4, -0.2) is 23.9 Å². The number of nitrogens with two attached hydrogens (primary N) is 1. The highest BCUT2D eigenvalue weighted by Crippen LogP contribution is 2.23. The zero-order valence-corrected chi connectivity index (χ0v) is 11.8. The van der Waals surface area contributed by atoms with E-state index in [0.29, 0.717) is 5.76 Å². The number of carbonyl (C=O) groups is 1. The van der Waals surface area contributed by atoms with Crippen LogP contribution in [0.4, 0.5) is 5.69 Å². The van der Waals surface area contributed by atoms with E-state index < -0.39 is 0 Å². The minimum atomic E-state index is 0.0536. The fourth-order valence-corrected chi connectivity index (χ4v) is 2.44. The third-order valence-electron chi connectivity index (χ3n) is 3.63. The van der Waals surface area contributed by atoms with Crippen molar-refractivity contribution in [1.82, 2.24) is 4.90 Å². The van der Waals surface area contributed by atoms with Crippen LogP contribution in [0.5, 0.6) is 0 Å². The number of rotatable bonds is 3. The topological polar surface area (TPSA) is 59.5 Å². The van der Waals surface area contributed by atoms with E-state index in [0.717, 1.165) is 42.9 Å². The molecule has 2 aromatic rings. The molecule has 0 unspecified atom stereocenters. The lowest BCUT2D eigenvalue weighted by Gasteiger charge is -2.11. The second-order valence-corrected chi connectivity index (χ2v) is 5.19. The molecular formula is C17H18N2O2. The summed E-state index contributed by atoms with van der Waals surface area (Å²) in [5.41, 5.74) is 7.36. The number of amides is 1. The Balaban J connectivity index is 1.70. The number of furan rings is 1. The van der Waals surface area contributed by atoms with Gasteiger partial charge >= 0.3 is 0 Å². The first-order chi connectivity index (χ1) is 10.2. The Labute approximate surface area is 123 Å². The predicted octanol–water partition coefficient (Wildman–Crippen LogP) is 3.16. The molecule has 0 atom stereocenters. The summed E-state index contributed by atoms with van der Waals surface area (Å²) in [7, 11) is 0. The number of nitrogens with zero attached hydrogens (tertiary/aromatic N) is 1. The van der Waals surface area contributed by atoms with Crippen LogP contribution >= 0.6 is 0 Å².